The average molecular weight is 496 g/mol. The topological polar surface area (TPSA) is 72.3 Å². The third-order valence-corrected chi connectivity index (χ3v) is 7.58. The highest BCUT2D eigenvalue weighted by atomic mass is 35.5. The predicted molar refractivity (Wildman–Crippen MR) is 130 cm³/mol. The second-order valence-electron chi connectivity index (χ2n) is 8.10. The molecule has 2 aromatic heterocycles. The first kappa shape index (κ1) is 22.4. The highest BCUT2D eigenvalue weighted by molar-refractivity contribution is 7.85. The average Bonchev–Trinajstić information content (AvgIpc) is 3.19. The van der Waals surface area contributed by atoms with Crippen LogP contribution in [0.2, 0.25) is 5.15 Å². The van der Waals surface area contributed by atoms with Crippen molar-refractivity contribution in [2.24, 2.45) is 7.05 Å². The molecule has 0 aliphatic carbocycles. The van der Waals surface area contributed by atoms with Crippen LogP contribution in [0.3, 0.4) is 0 Å². The highest BCUT2D eigenvalue weighted by Gasteiger charge is 2.28. The van der Waals surface area contributed by atoms with Crippen molar-refractivity contribution in [3.05, 3.63) is 98.8 Å². The quantitative estimate of drug-likeness (QED) is 0.397. The van der Waals surface area contributed by atoms with Crippen molar-refractivity contribution >= 4 is 44.9 Å². The van der Waals surface area contributed by atoms with Gasteiger partial charge >= 0.3 is 0 Å². The molecule has 4 aromatic rings. The minimum absolute atomic E-state index is 0.0112. The number of hydrogen-bond donors (Lipinski definition) is 0. The fourth-order valence-corrected chi connectivity index (χ4v) is 5.78. The number of aryl methyl sites for hydroxylation is 2. The van der Waals surface area contributed by atoms with Gasteiger partial charge in [-0.05, 0) is 53.9 Å². The molecule has 172 valence electrons. The van der Waals surface area contributed by atoms with Gasteiger partial charge < -0.3 is 9.47 Å². The van der Waals surface area contributed by atoms with E-state index >= 15 is 0 Å². The zero-order chi connectivity index (χ0) is 24.0. The van der Waals surface area contributed by atoms with Gasteiger partial charge in [0.05, 0.1) is 33.4 Å². The maximum atomic E-state index is 14.9. The molecule has 34 heavy (non-hydrogen) atoms. The van der Waals surface area contributed by atoms with Gasteiger partial charge in [0.25, 0.3) is 11.5 Å². The Morgan fingerprint density at radius 2 is 2.03 bits per heavy atom. The van der Waals surface area contributed by atoms with Crippen LogP contribution in [0.4, 0.5) is 10.1 Å². The lowest BCUT2D eigenvalue weighted by molar-refractivity contribution is 0.0984. The van der Waals surface area contributed by atoms with Crippen LogP contribution < -0.4 is 10.5 Å². The molecule has 3 heterocycles. The Kier molecular flexibility index (Phi) is 5.79. The zero-order valence-electron chi connectivity index (χ0n) is 18.1. The van der Waals surface area contributed by atoms with Crippen molar-refractivity contribution in [3.63, 3.8) is 0 Å². The number of aromatic nitrogens is 2. The summed E-state index contributed by atoms with van der Waals surface area (Å²) < 4.78 is 29.0. The predicted octanol–water partition coefficient (Wildman–Crippen LogP) is 4.24. The molecule has 1 amide bonds. The Bertz CT molecular complexity index is 1550. The number of amides is 1. The van der Waals surface area contributed by atoms with Crippen LogP contribution in [0.15, 0.2) is 70.5 Å². The molecule has 9 heteroatoms. The number of fused-ring (bicyclic) bond motifs is 2. The normalized spacial score (nSPS) is 14.9. The third kappa shape index (κ3) is 4.03. The van der Waals surface area contributed by atoms with Gasteiger partial charge in [-0.2, -0.15) is 0 Å². The lowest BCUT2D eigenvalue weighted by Crippen LogP contribution is -2.32. The summed E-state index contributed by atoms with van der Waals surface area (Å²) in [4.78, 5) is 32.1. The van der Waals surface area contributed by atoms with E-state index in [1.165, 1.54) is 33.9 Å². The van der Waals surface area contributed by atoms with Crippen LogP contribution in [0.1, 0.15) is 21.5 Å². The smallest absolute Gasteiger partial charge is 0.258 e. The van der Waals surface area contributed by atoms with E-state index in [1.54, 1.807) is 31.3 Å². The SMILES string of the molecule is Cn1ccc(C(=O)N(Cc2cc(F)c3ccc(Cl)nc3c2)c2cccc3c2S(=O)CC3)cc1=O. The van der Waals surface area contributed by atoms with E-state index in [4.69, 9.17) is 11.6 Å². The molecule has 6 nitrogen and oxygen atoms in total. The summed E-state index contributed by atoms with van der Waals surface area (Å²) >= 11 is 6.00. The van der Waals surface area contributed by atoms with E-state index in [1.807, 2.05) is 12.1 Å². The molecule has 0 N–H and O–H groups in total. The summed E-state index contributed by atoms with van der Waals surface area (Å²) in [5.41, 5.74) is 2.10. The number of nitrogens with zero attached hydrogens (tertiary/aromatic N) is 3. The lowest BCUT2D eigenvalue weighted by atomic mass is 10.1. The zero-order valence-corrected chi connectivity index (χ0v) is 19.7. The molecule has 1 aliphatic rings. The Morgan fingerprint density at radius 1 is 1.21 bits per heavy atom. The first-order chi connectivity index (χ1) is 16.3. The Labute approximate surface area is 202 Å². The number of pyridine rings is 2. The van der Waals surface area contributed by atoms with E-state index in [9.17, 15) is 18.2 Å². The van der Waals surface area contributed by atoms with Crippen LogP contribution in [0.5, 0.6) is 0 Å². The van der Waals surface area contributed by atoms with Gasteiger partial charge in [0, 0.05) is 36.0 Å². The molecular formula is C25H19ClFN3O3S. The minimum Gasteiger partial charge on any atom is -0.319 e. The van der Waals surface area contributed by atoms with Gasteiger partial charge in [0.15, 0.2) is 0 Å². The number of halogens is 2. The van der Waals surface area contributed by atoms with Crippen molar-refractivity contribution in [1.82, 2.24) is 9.55 Å². The van der Waals surface area contributed by atoms with Crippen LogP contribution in [0, 0.1) is 5.82 Å². The summed E-state index contributed by atoms with van der Waals surface area (Å²) in [6, 6.07) is 14.3. The van der Waals surface area contributed by atoms with Crippen molar-refractivity contribution in [3.8, 4) is 0 Å². The number of carbonyl (C=O) groups is 1. The minimum atomic E-state index is -1.26. The van der Waals surface area contributed by atoms with E-state index in [2.05, 4.69) is 4.98 Å². The molecular weight excluding hydrogens is 477 g/mol. The van der Waals surface area contributed by atoms with Gasteiger partial charge in [0.2, 0.25) is 0 Å². The van der Waals surface area contributed by atoms with Crippen LogP contribution in [-0.4, -0.2) is 25.4 Å². The van der Waals surface area contributed by atoms with E-state index in [0.29, 0.717) is 39.2 Å². The molecule has 0 bridgehead atoms. The highest BCUT2D eigenvalue weighted by Crippen LogP contribution is 2.34. The van der Waals surface area contributed by atoms with Crippen molar-refractivity contribution < 1.29 is 13.4 Å². The summed E-state index contributed by atoms with van der Waals surface area (Å²) in [6.07, 6.45) is 2.17. The maximum absolute atomic E-state index is 14.9. The molecule has 0 saturated heterocycles. The van der Waals surface area contributed by atoms with Gasteiger partial charge in [-0.3, -0.25) is 13.8 Å². The van der Waals surface area contributed by atoms with Crippen LogP contribution >= 0.6 is 11.6 Å². The van der Waals surface area contributed by atoms with E-state index in [-0.39, 0.29) is 22.8 Å². The van der Waals surface area contributed by atoms with Gasteiger partial charge in [-0.25, -0.2) is 9.37 Å². The number of hydrogen-bond acceptors (Lipinski definition) is 4. The molecule has 0 radical (unpaired) electrons. The number of rotatable bonds is 4. The van der Waals surface area contributed by atoms with E-state index in [0.717, 1.165) is 5.56 Å². The maximum Gasteiger partial charge on any atom is 0.258 e. The third-order valence-electron chi connectivity index (χ3n) is 5.87. The monoisotopic (exact) mass is 495 g/mol. The Hall–Kier alpha value is -3.36. The lowest BCUT2D eigenvalue weighted by Gasteiger charge is -2.25. The first-order valence-corrected chi connectivity index (χ1v) is 12.2. The van der Waals surface area contributed by atoms with Gasteiger partial charge in [-0.1, -0.05) is 23.7 Å². The summed E-state index contributed by atoms with van der Waals surface area (Å²) in [5.74, 6) is -0.457. The van der Waals surface area contributed by atoms with Gasteiger partial charge in [0.1, 0.15) is 11.0 Å². The van der Waals surface area contributed by atoms with Crippen LogP contribution in [0.25, 0.3) is 10.9 Å². The van der Waals surface area contributed by atoms with Crippen molar-refractivity contribution in [1.29, 1.82) is 0 Å². The van der Waals surface area contributed by atoms with Crippen LogP contribution in [-0.2, 0) is 30.8 Å². The summed E-state index contributed by atoms with van der Waals surface area (Å²) in [5, 5.41) is 0.549. The Balaban J connectivity index is 1.65. The fourth-order valence-electron chi connectivity index (χ4n) is 4.15. The molecule has 2 aromatic carbocycles. The second-order valence-corrected chi connectivity index (χ2v) is 9.99. The molecule has 0 saturated carbocycles. The number of benzene rings is 2. The first-order valence-electron chi connectivity index (χ1n) is 10.6. The molecule has 0 spiro atoms. The molecule has 1 unspecified atom stereocenters. The van der Waals surface area contributed by atoms with Crippen molar-refractivity contribution in [2.75, 3.05) is 10.7 Å². The largest absolute Gasteiger partial charge is 0.319 e. The number of carbonyl (C=O) groups excluding carboxylic acids is 1. The van der Waals surface area contributed by atoms with Crippen molar-refractivity contribution in [2.45, 2.75) is 17.9 Å². The molecule has 5 rings (SSSR count). The van der Waals surface area contributed by atoms with E-state index < -0.39 is 22.5 Å². The molecule has 0 fully saturated rings. The second kappa shape index (κ2) is 8.77. The van der Waals surface area contributed by atoms with Gasteiger partial charge in [-0.15, -0.1) is 0 Å². The number of anilines is 1. The standard InChI is InChI=1S/C25H19ClFN3O3S/c1-29-9-7-17(13-23(29)31)25(32)30(21-4-2-3-16-8-10-34(33)24(16)21)14-15-11-19(27)18-5-6-22(26)28-20(18)12-15/h2-7,9,11-13H,8,10,14H2,1H3. The summed E-state index contributed by atoms with van der Waals surface area (Å²) in [6.45, 7) is -0.0112. The molecule has 1 atom stereocenters. The Morgan fingerprint density at radius 3 is 2.82 bits per heavy atom. The fraction of sp³-hybridized carbons (Fsp3) is 0.160. The molecule has 1 aliphatic heterocycles. The summed E-state index contributed by atoms with van der Waals surface area (Å²) in [7, 11) is 0.333.